The number of nitrogens with zero attached hydrogens (tertiary/aromatic N) is 3. The molecule has 1 unspecified atom stereocenters. The normalized spacial score (nSPS) is 26.0. The van der Waals surface area contributed by atoms with Crippen LogP contribution in [0.25, 0.3) is 0 Å². The number of hydrogen-bond acceptors (Lipinski definition) is 4. The van der Waals surface area contributed by atoms with Crippen molar-refractivity contribution < 1.29 is 22.7 Å². The predicted molar refractivity (Wildman–Crippen MR) is 127 cm³/mol. The highest BCUT2D eigenvalue weighted by molar-refractivity contribution is 5.79. The molecule has 5 rings (SSSR count). The number of carbonyl (C=O) groups excluding carboxylic acids is 1. The lowest BCUT2D eigenvalue weighted by Gasteiger charge is -2.54. The summed E-state index contributed by atoms with van der Waals surface area (Å²) in [5, 5.41) is 0. The minimum absolute atomic E-state index is 0.0284. The molecule has 35 heavy (non-hydrogen) atoms. The number of benzene rings is 2. The Morgan fingerprint density at radius 2 is 1.60 bits per heavy atom. The van der Waals surface area contributed by atoms with Crippen LogP contribution < -0.4 is 0 Å². The van der Waals surface area contributed by atoms with Crippen LogP contribution in [0.15, 0.2) is 54.6 Å². The quantitative estimate of drug-likeness (QED) is 0.643. The number of carbonyl (C=O) groups is 1. The Bertz CT molecular complexity index is 1010. The van der Waals surface area contributed by atoms with Crippen molar-refractivity contribution in [3.8, 4) is 0 Å². The Hall–Kier alpha value is -2.42. The van der Waals surface area contributed by atoms with E-state index < -0.39 is 11.7 Å². The fourth-order valence-corrected chi connectivity index (χ4v) is 5.88. The maximum Gasteiger partial charge on any atom is 0.416 e. The predicted octanol–water partition coefficient (Wildman–Crippen LogP) is 3.82. The van der Waals surface area contributed by atoms with E-state index in [9.17, 15) is 18.0 Å². The highest BCUT2D eigenvalue weighted by atomic mass is 19.4. The molecule has 2 aromatic carbocycles. The number of amides is 1. The lowest BCUT2D eigenvalue weighted by molar-refractivity contribution is -0.153. The van der Waals surface area contributed by atoms with Gasteiger partial charge < -0.3 is 9.64 Å². The molecule has 3 aliphatic heterocycles. The summed E-state index contributed by atoms with van der Waals surface area (Å²) in [7, 11) is 0. The zero-order valence-corrected chi connectivity index (χ0v) is 19.8. The van der Waals surface area contributed by atoms with Crippen LogP contribution in [-0.4, -0.2) is 78.1 Å². The molecule has 188 valence electrons. The molecule has 3 atom stereocenters. The van der Waals surface area contributed by atoms with E-state index in [1.807, 2.05) is 23.1 Å². The van der Waals surface area contributed by atoms with E-state index in [-0.39, 0.29) is 30.5 Å². The van der Waals surface area contributed by atoms with E-state index in [0.29, 0.717) is 31.9 Å². The third kappa shape index (κ3) is 5.39. The fourth-order valence-electron chi connectivity index (χ4n) is 5.88. The molecular weight excluding hydrogens is 455 g/mol. The summed E-state index contributed by atoms with van der Waals surface area (Å²) in [5.74, 6) is -0.107. The highest BCUT2D eigenvalue weighted by Gasteiger charge is 2.47. The molecule has 0 aromatic heterocycles. The van der Waals surface area contributed by atoms with Gasteiger partial charge in [0.2, 0.25) is 5.91 Å². The van der Waals surface area contributed by atoms with Gasteiger partial charge in [-0.25, -0.2) is 0 Å². The highest BCUT2D eigenvalue weighted by Crippen LogP contribution is 2.32. The van der Waals surface area contributed by atoms with Gasteiger partial charge in [0.05, 0.1) is 43.3 Å². The first-order valence-corrected chi connectivity index (χ1v) is 12.5. The zero-order valence-electron chi connectivity index (χ0n) is 19.8. The van der Waals surface area contributed by atoms with Crippen LogP contribution >= 0.6 is 0 Å². The van der Waals surface area contributed by atoms with E-state index in [4.69, 9.17) is 4.74 Å². The molecule has 8 heteroatoms. The molecule has 3 saturated heterocycles. The van der Waals surface area contributed by atoms with Gasteiger partial charge in [0.15, 0.2) is 0 Å². The van der Waals surface area contributed by atoms with Crippen LogP contribution in [0.1, 0.15) is 29.5 Å². The van der Waals surface area contributed by atoms with Crippen LogP contribution in [-0.2, 0) is 28.7 Å². The summed E-state index contributed by atoms with van der Waals surface area (Å²) in [4.78, 5) is 20.4. The molecular formula is C27H32F3N3O2. The molecule has 3 heterocycles. The summed E-state index contributed by atoms with van der Waals surface area (Å²) in [6.45, 7) is 5.17. The number of ether oxygens (including phenoxy) is 1. The molecule has 0 aliphatic carbocycles. The van der Waals surface area contributed by atoms with E-state index in [1.54, 1.807) is 6.07 Å². The Balaban J connectivity index is 1.39. The minimum atomic E-state index is -4.42. The third-order valence-corrected chi connectivity index (χ3v) is 7.59. The zero-order chi connectivity index (χ0) is 24.4. The fraction of sp³-hybridized carbons (Fsp3) is 0.519. The molecule has 5 nitrogen and oxygen atoms in total. The van der Waals surface area contributed by atoms with E-state index in [1.165, 1.54) is 11.6 Å². The molecule has 3 aliphatic rings. The topological polar surface area (TPSA) is 36.0 Å². The lowest BCUT2D eigenvalue weighted by atomic mass is 9.90. The number of alkyl halides is 3. The summed E-state index contributed by atoms with van der Waals surface area (Å²) < 4.78 is 45.7. The van der Waals surface area contributed by atoms with Gasteiger partial charge in [-0.2, -0.15) is 13.2 Å². The second-order valence-electron chi connectivity index (χ2n) is 9.82. The van der Waals surface area contributed by atoms with Crippen molar-refractivity contribution in [3.63, 3.8) is 0 Å². The number of fused-ring (bicyclic) bond motifs is 1. The molecule has 3 fully saturated rings. The van der Waals surface area contributed by atoms with Crippen LogP contribution in [0.4, 0.5) is 13.2 Å². The summed E-state index contributed by atoms with van der Waals surface area (Å²) in [5.41, 5.74) is 0.908. The van der Waals surface area contributed by atoms with E-state index in [2.05, 4.69) is 21.9 Å². The standard InChI is InChI=1S/C27H32F3N3O2/c28-27(29,30)22-10-6-9-21(15-22)16-25(34)33-14-13-32(17-20-7-2-1-3-8-20)24-19-35-18-23(26(24)33)31-11-4-5-12-31/h1-3,6-10,15,23-24,26H,4-5,11-14,16-19H2/t23?,24-,26-/m1/s1. The molecule has 0 bridgehead atoms. The van der Waals surface area contributed by atoms with Crippen LogP contribution in [0.3, 0.4) is 0 Å². The first-order valence-electron chi connectivity index (χ1n) is 12.5. The minimum Gasteiger partial charge on any atom is -0.378 e. The molecule has 0 saturated carbocycles. The molecule has 0 N–H and O–H groups in total. The third-order valence-electron chi connectivity index (χ3n) is 7.59. The molecule has 0 radical (unpaired) electrons. The molecule has 1 amide bonds. The average molecular weight is 488 g/mol. The maximum absolute atomic E-state index is 13.6. The Morgan fingerprint density at radius 1 is 0.886 bits per heavy atom. The smallest absolute Gasteiger partial charge is 0.378 e. The molecule has 2 aromatic rings. The SMILES string of the molecule is O=C(Cc1cccc(C(F)(F)F)c1)N1CCN(Cc2ccccc2)[C@@H]2COCC(N3CCCC3)[C@H]21. The number of rotatable bonds is 5. The largest absolute Gasteiger partial charge is 0.416 e. The van der Waals surface area contributed by atoms with E-state index >= 15 is 0 Å². The number of likely N-dealkylation sites (tertiary alicyclic amines) is 1. The van der Waals surface area contributed by atoms with Gasteiger partial charge in [0, 0.05) is 19.6 Å². The van der Waals surface area contributed by atoms with Gasteiger partial charge in [-0.3, -0.25) is 14.6 Å². The van der Waals surface area contributed by atoms with Crippen molar-refractivity contribution in [2.45, 2.75) is 50.1 Å². The Labute approximate surface area is 204 Å². The van der Waals surface area contributed by atoms with Gasteiger partial charge >= 0.3 is 6.18 Å². The Kier molecular flexibility index (Phi) is 7.14. The van der Waals surface area contributed by atoms with Crippen molar-refractivity contribution in [2.75, 3.05) is 39.4 Å². The summed E-state index contributed by atoms with van der Waals surface area (Å²) >= 11 is 0. The second kappa shape index (κ2) is 10.3. The summed E-state index contributed by atoms with van der Waals surface area (Å²) in [6.07, 6.45) is -2.17. The van der Waals surface area contributed by atoms with Crippen molar-refractivity contribution in [3.05, 3.63) is 71.3 Å². The number of hydrogen-bond donors (Lipinski definition) is 0. The van der Waals surface area contributed by atoms with Crippen LogP contribution in [0.2, 0.25) is 0 Å². The van der Waals surface area contributed by atoms with Crippen molar-refractivity contribution >= 4 is 5.91 Å². The number of piperazine rings is 1. The van der Waals surface area contributed by atoms with Gasteiger partial charge in [0.25, 0.3) is 0 Å². The lowest BCUT2D eigenvalue weighted by Crippen LogP contribution is -2.71. The van der Waals surface area contributed by atoms with E-state index in [0.717, 1.165) is 44.6 Å². The molecule has 0 spiro atoms. The van der Waals surface area contributed by atoms with Gasteiger partial charge in [-0.05, 0) is 43.1 Å². The first kappa shape index (κ1) is 24.3. The van der Waals surface area contributed by atoms with Gasteiger partial charge in [0.1, 0.15) is 0 Å². The average Bonchev–Trinajstić information content (AvgIpc) is 3.39. The monoisotopic (exact) mass is 487 g/mol. The number of halogens is 3. The Morgan fingerprint density at radius 3 is 2.34 bits per heavy atom. The first-order chi connectivity index (χ1) is 16.9. The second-order valence-corrected chi connectivity index (χ2v) is 9.82. The van der Waals surface area contributed by atoms with Crippen LogP contribution in [0, 0.1) is 0 Å². The van der Waals surface area contributed by atoms with Crippen molar-refractivity contribution in [1.82, 2.24) is 14.7 Å². The van der Waals surface area contributed by atoms with Gasteiger partial charge in [-0.15, -0.1) is 0 Å². The van der Waals surface area contributed by atoms with Crippen molar-refractivity contribution in [2.24, 2.45) is 0 Å². The van der Waals surface area contributed by atoms with Crippen LogP contribution in [0.5, 0.6) is 0 Å². The summed E-state index contributed by atoms with van der Waals surface area (Å²) in [6, 6.07) is 15.5. The van der Waals surface area contributed by atoms with Gasteiger partial charge in [-0.1, -0.05) is 48.5 Å². The van der Waals surface area contributed by atoms with Crippen molar-refractivity contribution in [1.29, 1.82) is 0 Å². The maximum atomic E-state index is 13.6.